The molecule has 16 heavy (non-hydrogen) atoms. The summed E-state index contributed by atoms with van der Waals surface area (Å²) in [5.41, 5.74) is 1.16. The minimum Gasteiger partial charge on any atom is -0.373 e. The van der Waals surface area contributed by atoms with E-state index in [0.717, 1.165) is 23.7 Å². The van der Waals surface area contributed by atoms with Crippen LogP contribution in [0.25, 0.3) is 0 Å². The minimum absolute atomic E-state index is 0.401. The van der Waals surface area contributed by atoms with Gasteiger partial charge in [0.25, 0.3) is 0 Å². The monoisotopic (exact) mass is 222 g/mol. The Hall–Kier alpha value is -1.32. The SMILES string of the molecule is CNc1ncnc(NCC(C)C)c1C(C)C. The van der Waals surface area contributed by atoms with Crippen molar-refractivity contribution in [2.24, 2.45) is 5.92 Å². The molecule has 0 fully saturated rings. The lowest BCUT2D eigenvalue weighted by Crippen LogP contribution is -2.13. The van der Waals surface area contributed by atoms with Crippen LogP contribution in [0, 0.1) is 5.92 Å². The van der Waals surface area contributed by atoms with E-state index in [2.05, 4.69) is 48.3 Å². The Labute approximate surface area is 97.9 Å². The van der Waals surface area contributed by atoms with Crippen LogP contribution < -0.4 is 10.6 Å². The molecule has 0 aromatic carbocycles. The first-order chi connectivity index (χ1) is 7.56. The van der Waals surface area contributed by atoms with Gasteiger partial charge in [-0.05, 0) is 11.8 Å². The maximum Gasteiger partial charge on any atom is 0.134 e. The van der Waals surface area contributed by atoms with Crippen molar-refractivity contribution in [2.45, 2.75) is 33.6 Å². The molecule has 0 bridgehead atoms. The molecule has 0 spiro atoms. The van der Waals surface area contributed by atoms with Crippen molar-refractivity contribution in [3.05, 3.63) is 11.9 Å². The number of aromatic nitrogens is 2. The van der Waals surface area contributed by atoms with Crippen LogP contribution in [0.4, 0.5) is 11.6 Å². The molecule has 2 N–H and O–H groups in total. The Morgan fingerprint density at radius 2 is 1.75 bits per heavy atom. The molecule has 0 saturated heterocycles. The molecule has 0 radical (unpaired) electrons. The smallest absolute Gasteiger partial charge is 0.134 e. The summed E-state index contributed by atoms with van der Waals surface area (Å²) < 4.78 is 0. The van der Waals surface area contributed by atoms with Crippen molar-refractivity contribution >= 4 is 11.6 Å². The molecular formula is C12H22N4. The lowest BCUT2D eigenvalue weighted by atomic mass is 10.0. The summed E-state index contributed by atoms with van der Waals surface area (Å²) in [6.07, 6.45) is 1.60. The van der Waals surface area contributed by atoms with Crippen LogP contribution in [-0.4, -0.2) is 23.6 Å². The maximum absolute atomic E-state index is 4.32. The molecule has 90 valence electrons. The molecule has 0 amide bonds. The van der Waals surface area contributed by atoms with E-state index < -0.39 is 0 Å². The van der Waals surface area contributed by atoms with E-state index in [-0.39, 0.29) is 0 Å². The van der Waals surface area contributed by atoms with Gasteiger partial charge < -0.3 is 10.6 Å². The summed E-state index contributed by atoms with van der Waals surface area (Å²) in [5.74, 6) is 2.87. The maximum atomic E-state index is 4.32. The summed E-state index contributed by atoms with van der Waals surface area (Å²) >= 11 is 0. The quantitative estimate of drug-likeness (QED) is 0.804. The summed E-state index contributed by atoms with van der Waals surface area (Å²) in [6, 6.07) is 0. The topological polar surface area (TPSA) is 49.8 Å². The average molecular weight is 222 g/mol. The third-order valence-corrected chi connectivity index (χ3v) is 2.38. The van der Waals surface area contributed by atoms with Crippen LogP contribution in [-0.2, 0) is 0 Å². The normalized spacial score (nSPS) is 10.9. The highest BCUT2D eigenvalue weighted by molar-refractivity contribution is 5.58. The van der Waals surface area contributed by atoms with Crippen molar-refractivity contribution in [3.63, 3.8) is 0 Å². The van der Waals surface area contributed by atoms with Gasteiger partial charge in [-0.2, -0.15) is 0 Å². The van der Waals surface area contributed by atoms with E-state index in [9.17, 15) is 0 Å². The summed E-state index contributed by atoms with van der Waals surface area (Å²) in [7, 11) is 1.89. The van der Waals surface area contributed by atoms with Crippen molar-refractivity contribution in [1.82, 2.24) is 9.97 Å². The zero-order valence-electron chi connectivity index (χ0n) is 10.8. The van der Waals surface area contributed by atoms with Gasteiger partial charge in [0.15, 0.2) is 0 Å². The predicted octanol–water partition coefficient (Wildman–Crippen LogP) is 2.71. The van der Waals surface area contributed by atoms with E-state index >= 15 is 0 Å². The second-order valence-electron chi connectivity index (χ2n) is 4.66. The van der Waals surface area contributed by atoms with Gasteiger partial charge in [-0.1, -0.05) is 27.7 Å². The van der Waals surface area contributed by atoms with Crippen molar-refractivity contribution in [3.8, 4) is 0 Å². The van der Waals surface area contributed by atoms with Gasteiger partial charge >= 0.3 is 0 Å². The zero-order valence-corrected chi connectivity index (χ0v) is 10.8. The molecular weight excluding hydrogens is 200 g/mol. The van der Waals surface area contributed by atoms with Gasteiger partial charge in [0.05, 0.1) is 0 Å². The van der Waals surface area contributed by atoms with Gasteiger partial charge in [-0.3, -0.25) is 0 Å². The van der Waals surface area contributed by atoms with Gasteiger partial charge in [0.2, 0.25) is 0 Å². The van der Waals surface area contributed by atoms with Crippen LogP contribution in [0.15, 0.2) is 6.33 Å². The highest BCUT2D eigenvalue weighted by atomic mass is 15.1. The second kappa shape index (κ2) is 5.68. The number of hydrogen-bond acceptors (Lipinski definition) is 4. The Bertz CT molecular complexity index is 334. The number of nitrogens with one attached hydrogen (secondary N) is 2. The van der Waals surface area contributed by atoms with E-state index in [1.54, 1.807) is 6.33 Å². The standard InChI is InChI=1S/C12H22N4/c1-8(2)6-14-12-10(9(3)4)11(13-5)15-7-16-12/h7-9H,6H2,1-5H3,(H2,13,14,15,16). The van der Waals surface area contributed by atoms with Crippen LogP contribution >= 0.6 is 0 Å². The fourth-order valence-corrected chi connectivity index (χ4v) is 1.58. The minimum atomic E-state index is 0.401. The number of hydrogen-bond donors (Lipinski definition) is 2. The number of anilines is 2. The Morgan fingerprint density at radius 1 is 1.12 bits per heavy atom. The average Bonchev–Trinajstić information content (AvgIpc) is 2.25. The first-order valence-electron chi connectivity index (χ1n) is 5.82. The molecule has 0 saturated carbocycles. The molecule has 4 nitrogen and oxygen atoms in total. The second-order valence-corrected chi connectivity index (χ2v) is 4.66. The van der Waals surface area contributed by atoms with E-state index in [0.29, 0.717) is 11.8 Å². The lowest BCUT2D eigenvalue weighted by molar-refractivity contribution is 0.684. The van der Waals surface area contributed by atoms with E-state index in [4.69, 9.17) is 0 Å². The van der Waals surface area contributed by atoms with Crippen molar-refractivity contribution < 1.29 is 0 Å². The van der Waals surface area contributed by atoms with Gasteiger partial charge in [-0.15, -0.1) is 0 Å². The molecule has 1 rings (SSSR count). The fourth-order valence-electron chi connectivity index (χ4n) is 1.58. The van der Waals surface area contributed by atoms with Crippen LogP contribution in [0.2, 0.25) is 0 Å². The Kier molecular flexibility index (Phi) is 4.52. The first kappa shape index (κ1) is 12.7. The predicted molar refractivity (Wildman–Crippen MR) is 69.0 cm³/mol. The molecule has 1 heterocycles. The van der Waals surface area contributed by atoms with Crippen LogP contribution in [0.5, 0.6) is 0 Å². The molecule has 4 heteroatoms. The zero-order chi connectivity index (χ0) is 12.1. The van der Waals surface area contributed by atoms with Gasteiger partial charge in [0, 0.05) is 19.2 Å². The molecule has 1 aromatic rings. The Morgan fingerprint density at radius 3 is 2.25 bits per heavy atom. The van der Waals surface area contributed by atoms with Crippen LogP contribution in [0.1, 0.15) is 39.2 Å². The van der Waals surface area contributed by atoms with Crippen molar-refractivity contribution in [1.29, 1.82) is 0 Å². The van der Waals surface area contributed by atoms with Crippen molar-refractivity contribution in [2.75, 3.05) is 24.2 Å². The third kappa shape index (κ3) is 3.08. The highest BCUT2D eigenvalue weighted by Gasteiger charge is 2.13. The first-order valence-corrected chi connectivity index (χ1v) is 5.82. The summed E-state index contributed by atoms with van der Waals surface area (Å²) in [4.78, 5) is 8.56. The van der Waals surface area contributed by atoms with E-state index in [1.165, 1.54) is 0 Å². The molecule has 0 aliphatic heterocycles. The molecule has 1 aromatic heterocycles. The van der Waals surface area contributed by atoms with Gasteiger partial charge in [0.1, 0.15) is 18.0 Å². The molecule has 0 unspecified atom stereocenters. The van der Waals surface area contributed by atoms with Crippen LogP contribution in [0.3, 0.4) is 0 Å². The number of rotatable bonds is 5. The fraction of sp³-hybridized carbons (Fsp3) is 0.667. The van der Waals surface area contributed by atoms with Gasteiger partial charge in [-0.25, -0.2) is 9.97 Å². The highest BCUT2D eigenvalue weighted by Crippen LogP contribution is 2.27. The van der Waals surface area contributed by atoms with E-state index in [1.807, 2.05) is 7.05 Å². The lowest BCUT2D eigenvalue weighted by Gasteiger charge is -2.17. The molecule has 0 atom stereocenters. The third-order valence-electron chi connectivity index (χ3n) is 2.38. The molecule has 0 aliphatic rings. The summed E-state index contributed by atoms with van der Waals surface area (Å²) in [5, 5.41) is 6.49. The Balaban J connectivity index is 2.97. The summed E-state index contributed by atoms with van der Waals surface area (Å²) in [6.45, 7) is 9.60. The largest absolute Gasteiger partial charge is 0.373 e. The number of nitrogens with zero attached hydrogens (tertiary/aromatic N) is 2. The molecule has 0 aliphatic carbocycles.